The van der Waals surface area contributed by atoms with E-state index in [0.717, 1.165) is 29.2 Å². The molecule has 3 rings (SSSR count). The molecule has 0 spiro atoms. The number of aromatic nitrogens is 1. The van der Waals surface area contributed by atoms with E-state index in [4.69, 9.17) is 5.73 Å². The highest BCUT2D eigenvalue weighted by Gasteiger charge is 2.19. The van der Waals surface area contributed by atoms with Crippen LogP contribution in [0.2, 0.25) is 0 Å². The van der Waals surface area contributed by atoms with Crippen LogP contribution in [0.3, 0.4) is 0 Å². The molecule has 1 aromatic carbocycles. The van der Waals surface area contributed by atoms with Crippen molar-refractivity contribution in [2.24, 2.45) is 0 Å². The molecular formula is C17H21N3O. The minimum atomic E-state index is -0.0856. The highest BCUT2D eigenvalue weighted by atomic mass is 16.1. The third-order valence-electron chi connectivity index (χ3n) is 4.21. The molecule has 4 nitrogen and oxygen atoms in total. The number of nitrogens with two attached hydrogens (primary N) is 1. The number of nitrogens with one attached hydrogen (secondary N) is 1. The molecule has 1 aromatic heterocycles. The van der Waals surface area contributed by atoms with Gasteiger partial charge in [-0.05, 0) is 43.5 Å². The van der Waals surface area contributed by atoms with Gasteiger partial charge in [-0.25, -0.2) is 0 Å². The van der Waals surface area contributed by atoms with Gasteiger partial charge in [-0.15, -0.1) is 0 Å². The molecule has 1 aliphatic carbocycles. The number of hydrogen-bond acceptors (Lipinski definition) is 3. The van der Waals surface area contributed by atoms with E-state index in [-0.39, 0.29) is 11.9 Å². The van der Waals surface area contributed by atoms with E-state index >= 15 is 0 Å². The van der Waals surface area contributed by atoms with Gasteiger partial charge in [0.1, 0.15) is 5.69 Å². The number of rotatable bonds is 2. The van der Waals surface area contributed by atoms with E-state index in [2.05, 4.69) is 10.3 Å². The van der Waals surface area contributed by atoms with Crippen LogP contribution in [0.4, 0.5) is 5.69 Å². The highest BCUT2D eigenvalue weighted by Crippen LogP contribution is 2.25. The normalized spacial score (nSPS) is 16.0. The molecule has 1 saturated carbocycles. The average molecular weight is 283 g/mol. The van der Waals surface area contributed by atoms with Gasteiger partial charge in [0.05, 0.1) is 0 Å². The summed E-state index contributed by atoms with van der Waals surface area (Å²) in [6, 6.07) is 6.05. The fourth-order valence-electron chi connectivity index (χ4n) is 3.15. The number of carbonyl (C=O) groups excluding carboxylic acids is 1. The number of nitrogens with zero attached hydrogens (tertiary/aromatic N) is 1. The molecule has 1 aliphatic rings. The monoisotopic (exact) mass is 283 g/mol. The number of amides is 1. The topological polar surface area (TPSA) is 68.0 Å². The molecule has 0 saturated heterocycles. The molecule has 110 valence electrons. The van der Waals surface area contributed by atoms with Gasteiger partial charge >= 0.3 is 0 Å². The number of carbonyl (C=O) groups is 1. The zero-order valence-corrected chi connectivity index (χ0v) is 12.4. The van der Waals surface area contributed by atoms with E-state index < -0.39 is 0 Å². The zero-order chi connectivity index (χ0) is 14.8. The summed E-state index contributed by atoms with van der Waals surface area (Å²) in [5.41, 5.74) is 8.27. The second kappa shape index (κ2) is 5.72. The van der Waals surface area contributed by atoms with Crippen molar-refractivity contribution in [1.82, 2.24) is 10.3 Å². The van der Waals surface area contributed by atoms with E-state index in [1.807, 2.05) is 25.1 Å². The second-order valence-electron chi connectivity index (χ2n) is 5.92. The van der Waals surface area contributed by atoms with Gasteiger partial charge in [-0.2, -0.15) is 0 Å². The third kappa shape index (κ3) is 2.84. The summed E-state index contributed by atoms with van der Waals surface area (Å²) in [6.07, 6.45) is 7.45. The summed E-state index contributed by atoms with van der Waals surface area (Å²) in [4.78, 5) is 16.8. The number of nitrogen functional groups attached to an aromatic ring is 1. The Bertz CT molecular complexity index is 675. The highest BCUT2D eigenvalue weighted by molar-refractivity contribution is 6.08. The lowest BCUT2D eigenvalue weighted by atomic mass is 9.95. The molecule has 1 amide bonds. The number of aryl methyl sites for hydroxylation is 1. The predicted molar refractivity (Wildman–Crippen MR) is 85.2 cm³/mol. The van der Waals surface area contributed by atoms with Gasteiger partial charge in [-0.1, -0.05) is 19.3 Å². The van der Waals surface area contributed by atoms with Gasteiger partial charge in [0.2, 0.25) is 0 Å². The fraction of sp³-hybridized carbons (Fsp3) is 0.412. The predicted octanol–water partition coefficient (Wildman–Crippen LogP) is 3.19. The second-order valence-corrected chi connectivity index (χ2v) is 5.92. The molecule has 0 bridgehead atoms. The third-order valence-corrected chi connectivity index (χ3v) is 4.21. The molecule has 21 heavy (non-hydrogen) atoms. The molecule has 4 heteroatoms. The van der Waals surface area contributed by atoms with Gasteiger partial charge < -0.3 is 11.1 Å². The van der Waals surface area contributed by atoms with Crippen LogP contribution in [-0.2, 0) is 0 Å². The minimum Gasteiger partial charge on any atom is -0.398 e. The van der Waals surface area contributed by atoms with Crippen LogP contribution in [0.15, 0.2) is 24.4 Å². The number of pyridine rings is 1. The van der Waals surface area contributed by atoms with Crippen LogP contribution in [0.25, 0.3) is 10.8 Å². The lowest BCUT2D eigenvalue weighted by Gasteiger charge is -2.22. The van der Waals surface area contributed by atoms with Crippen molar-refractivity contribution in [3.05, 3.63) is 35.7 Å². The molecule has 2 aromatic rings. The Morgan fingerprint density at radius 1 is 1.24 bits per heavy atom. The fourth-order valence-corrected chi connectivity index (χ4v) is 3.15. The number of fused-ring (bicyclic) bond motifs is 1. The summed E-state index contributed by atoms with van der Waals surface area (Å²) in [5, 5.41) is 4.85. The first-order valence-electron chi connectivity index (χ1n) is 7.61. The SMILES string of the molecule is Cc1cc(N)c2ccnc(C(=O)NC3CCCCC3)c2c1. The Morgan fingerprint density at radius 3 is 2.76 bits per heavy atom. The lowest BCUT2D eigenvalue weighted by Crippen LogP contribution is -2.36. The maximum atomic E-state index is 12.5. The maximum Gasteiger partial charge on any atom is 0.270 e. The van der Waals surface area contributed by atoms with Crippen molar-refractivity contribution in [2.75, 3.05) is 5.73 Å². The number of benzene rings is 1. The molecule has 1 heterocycles. The Morgan fingerprint density at radius 2 is 2.00 bits per heavy atom. The first kappa shape index (κ1) is 13.9. The van der Waals surface area contributed by atoms with Crippen molar-refractivity contribution in [2.45, 2.75) is 45.1 Å². The average Bonchev–Trinajstić information content (AvgIpc) is 2.47. The molecule has 3 N–H and O–H groups in total. The minimum absolute atomic E-state index is 0.0856. The quantitative estimate of drug-likeness (QED) is 0.832. The summed E-state index contributed by atoms with van der Waals surface area (Å²) in [5.74, 6) is -0.0856. The molecule has 0 unspecified atom stereocenters. The van der Waals surface area contributed by atoms with Crippen LogP contribution in [0.1, 0.15) is 48.2 Å². The van der Waals surface area contributed by atoms with Crippen LogP contribution < -0.4 is 11.1 Å². The van der Waals surface area contributed by atoms with Crippen molar-refractivity contribution >= 4 is 22.4 Å². The molecule has 0 atom stereocenters. The van der Waals surface area contributed by atoms with Gasteiger partial charge in [0, 0.05) is 28.7 Å². The summed E-state index contributed by atoms with van der Waals surface area (Å²) >= 11 is 0. The Labute approximate surface area is 124 Å². The van der Waals surface area contributed by atoms with Crippen molar-refractivity contribution in [3.63, 3.8) is 0 Å². The first-order valence-corrected chi connectivity index (χ1v) is 7.61. The van der Waals surface area contributed by atoms with Crippen molar-refractivity contribution in [1.29, 1.82) is 0 Å². The molecule has 0 aliphatic heterocycles. The summed E-state index contributed by atoms with van der Waals surface area (Å²) < 4.78 is 0. The number of hydrogen-bond donors (Lipinski definition) is 2. The van der Waals surface area contributed by atoms with E-state index in [9.17, 15) is 4.79 Å². The first-order chi connectivity index (χ1) is 10.1. The van der Waals surface area contributed by atoms with E-state index in [1.54, 1.807) is 6.20 Å². The lowest BCUT2D eigenvalue weighted by molar-refractivity contribution is 0.0924. The smallest absolute Gasteiger partial charge is 0.270 e. The van der Waals surface area contributed by atoms with Crippen LogP contribution >= 0.6 is 0 Å². The standard InChI is InChI=1S/C17H21N3O/c1-11-9-14-13(15(18)10-11)7-8-19-16(14)17(21)20-12-5-3-2-4-6-12/h7-10,12H,2-6,18H2,1H3,(H,20,21). The molecule has 1 fully saturated rings. The van der Waals surface area contributed by atoms with Crippen LogP contribution in [0.5, 0.6) is 0 Å². The van der Waals surface area contributed by atoms with Crippen LogP contribution in [-0.4, -0.2) is 16.9 Å². The summed E-state index contributed by atoms with van der Waals surface area (Å²) in [6.45, 7) is 1.98. The molecular weight excluding hydrogens is 262 g/mol. The zero-order valence-electron chi connectivity index (χ0n) is 12.4. The van der Waals surface area contributed by atoms with Crippen molar-refractivity contribution < 1.29 is 4.79 Å². The maximum absolute atomic E-state index is 12.5. The Kier molecular flexibility index (Phi) is 3.78. The van der Waals surface area contributed by atoms with Gasteiger partial charge in [0.25, 0.3) is 5.91 Å². The number of anilines is 1. The summed E-state index contributed by atoms with van der Waals surface area (Å²) in [7, 11) is 0. The Hall–Kier alpha value is -2.10. The van der Waals surface area contributed by atoms with Crippen LogP contribution in [0, 0.1) is 6.92 Å². The van der Waals surface area contributed by atoms with E-state index in [1.165, 1.54) is 19.3 Å². The van der Waals surface area contributed by atoms with E-state index in [0.29, 0.717) is 11.4 Å². The van der Waals surface area contributed by atoms with Gasteiger partial charge in [0.15, 0.2) is 0 Å². The largest absolute Gasteiger partial charge is 0.398 e. The van der Waals surface area contributed by atoms with Crippen molar-refractivity contribution in [3.8, 4) is 0 Å². The van der Waals surface area contributed by atoms with Gasteiger partial charge in [-0.3, -0.25) is 9.78 Å². The Balaban J connectivity index is 1.94. The molecule has 0 radical (unpaired) electrons.